The molecule has 9 heavy (non-hydrogen) atoms. The highest BCUT2D eigenvalue weighted by Crippen LogP contribution is 2.15. The zero-order valence-corrected chi connectivity index (χ0v) is 7.42. The summed E-state index contributed by atoms with van der Waals surface area (Å²) in [6.07, 6.45) is 3.91. The summed E-state index contributed by atoms with van der Waals surface area (Å²) in [7, 11) is 1.99. The van der Waals surface area contributed by atoms with Gasteiger partial charge < -0.3 is 0 Å². The molecule has 0 aliphatic rings. The van der Waals surface area contributed by atoms with Crippen molar-refractivity contribution in [2.75, 3.05) is 7.05 Å². The Balaban J connectivity index is 3.18. The zero-order valence-electron chi connectivity index (χ0n) is 6.61. The van der Waals surface area contributed by atoms with Crippen molar-refractivity contribution in [3.05, 3.63) is 0 Å². The van der Waals surface area contributed by atoms with E-state index in [-0.39, 0.29) is 0 Å². The molecule has 0 aromatic rings. The van der Waals surface area contributed by atoms with Gasteiger partial charge in [0.1, 0.15) is 0 Å². The lowest BCUT2D eigenvalue weighted by Gasteiger charge is -2.10. The predicted octanol–water partition coefficient (Wildman–Crippen LogP) is 2.43. The van der Waals surface area contributed by atoms with E-state index in [1.54, 1.807) is 0 Å². The maximum absolute atomic E-state index is 3.12. The Hall–Kier alpha value is 0.310. The molecule has 1 unspecified atom stereocenters. The third kappa shape index (κ3) is 4.79. The Kier molecular flexibility index (Phi) is 6.65. The van der Waals surface area contributed by atoms with Gasteiger partial charge in [-0.25, -0.2) is 0 Å². The topological polar surface area (TPSA) is 12.0 Å². The van der Waals surface area contributed by atoms with Crippen LogP contribution in [-0.4, -0.2) is 12.3 Å². The minimum atomic E-state index is 0.819. The molecule has 0 radical (unpaired) electrons. The Morgan fingerprint density at radius 2 is 2.11 bits per heavy atom. The lowest BCUT2D eigenvalue weighted by atomic mass is 10.2. The van der Waals surface area contributed by atoms with Crippen LogP contribution in [0.15, 0.2) is 0 Å². The van der Waals surface area contributed by atoms with Crippen LogP contribution in [0.5, 0.6) is 0 Å². The van der Waals surface area contributed by atoms with Crippen molar-refractivity contribution in [3.63, 3.8) is 0 Å². The Morgan fingerprint density at radius 1 is 1.44 bits per heavy atom. The third-order valence-electron chi connectivity index (χ3n) is 1.35. The van der Waals surface area contributed by atoms with Crippen LogP contribution in [0.2, 0.25) is 0 Å². The molecule has 0 rings (SSSR count). The minimum Gasteiger partial charge on any atom is -0.267 e. The summed E-state index contributed by atoms with van der Waals surface area (Å²) >= 11 is 1.85. The van der Waals surface area contributed by atoms with E-state index in [1.165, 1.54) is 19.3 Å². The molecule has 1 N–H and O–H groups in total. The van der Waals surface area contributed by atoms with Gasteiger partial charge in [0, 0.05) is 5.25 Å². The quantitative estimate of drug-likeness (QED) is 0.599. The second-order valence-electron chi connectivity index (χ2n) is 2.14. The monoisotopic (exact) mass is 147 g/mol. The van der Waals surface area contributed by atoms with Crippen LogP contribution in [0.1, 0.15) is 33.1 Å². The summed E-state index contributed by atoms with van der Waals surface area (Å²) in [5, 5.41) is 0.819. The molecular formula is C7H17NS. The molecule has 0 amide bonds. The first-order valence-corrected chi connectivity index (χ1v) is 4.55. The van der Waals surface area contributed by atoms with Crippen molar-refractivity contribution in [2.45, 2.75) is 38.4 Å². The zero-order chi connectivity index (χ0) is 7.11. The maximum Gasteiger partial charge on any atom is 0.0190 e. The Morgan fingerprint density at radius 3 is 2.44 bits per heavy atom. The summed E-state index contributed by atoms with van der Waals surface area (Å²) in [5.74, 6) is 0. The molecule has 0 heterocycles. The molecule has 0 saturated carbocycles. The highest BCUT2D eigenvalue weighted by atomic mass is 32.2. The van der Waals surface area contributed by atoms with E-state index in [2.05, 4.69) is 18.6 Å². The average molecular weight is 147 g/mol. The Labute approximate surface area is 62.7 Å². The van der Waals surface area contributed by atoms with Crippen molar-refractivity contribution in [3.8, 4) is 0 Å². The summed E-state index contributed by atoms with van der Waals surface area (Å²) in [4.78, 5) is 0. The molecule has 0 saturated heterocycles. The van der Waals surface area contributed by atoms with Crippen LogP contribution in [0.4, 0.5) is 0 Å². The van der Waals surface area contributed by atoms with Gasteiger partial charge in [0.05, 0.1) is 0 Å². The molecule has 0 fully saturated rings. The molecule has 1 atom stereocenters. The van der Waals surface area contributed by atoms with E-state index in [0.717, 1.165) is 5.25 Å². The van der Waals surface area contributed by atoms with Gasteiger partial charge in [0.25, 0.3) is 0 Å². The van der Waals surface area contributed by atoms with E-state index in [4.69, 9.17) is 0 Å². The Bertz CT molecular complexity index is 50.9. The SMILES string of the molecule is CCCC(CC)SNC. The van der Waals surface area contributed by atoms with Crippen molar-refractivity contribution in [2.24, 2.45) is 0 Å². The van der Waals surface area contributed by atoms with Crippen LogP contribution in [0.3, 0.4) is 0 Å². The lowest BCUT2D eigenvalue weighted by Crippen LogP contribution is -2.06. The highest BCUT2D eigenvalue weighted by molar-refractivity contribution is 7.98. The van der Waals surface area contributed by atoms with Crippen molar-refractivity contribution >= 4 is 11.9 Å². The van der Waals surface area contributed by atoms with E-state index in [0.29, 0.717) is 0 Å². The molecule has 0 spiro atoms. The summed E-state index contributed by atoms with van der Waals surface area (Å²) in [6.45, 7) is 4.48. The molecule has 0 bridgehead atoms. The second-order valence-corrected chi connectivity index (χ2v) is 3.45. The fourth-order valence-corrected chi connectivity index (χ4v) is 1.69. The molecular weight excluding hydrogens is 130 g/mol. The van der Waals surface area contributed by atoms with E-state index in [1.807, 2.05) is 19.0 Å². The third-order valence-corrected chi connectivity index (χ3v) is 2.49. The number of hydrogen-bond donors (Lipinski definition) is 1. The molecule has 0 aliphatic carbocycles. The van der Waals surface area contributed by atoms with Gasteiger partial charge in [-0.1, -0.05) is 32.2 Å². The smallest absolute Gasteiger partial charge is 0.0190 e. The molecule has 0 aromatic heterocycles. The molecule has 2 heteroatoms. The fourth-order valence-electron chi connectivity index (χ4n) is 0.835. The molecule has 56 valence electrons. The number of nitrogens with one attached hydrogen (secondary N) is 1. The van der Waals surface area contributed by atoms with Gasteiger partial charge in [-0.15, -0.1) is 0 Å². The van der Waals surface area contributed by atoms with Gasteiger partial charge in [-0.2, -0.15) is 0 Å². The second kappa shape index (κ2) is 6.43. The average Bonchev–Trinajstić information content (AvgIpc) is 1.88. The van der Waals surface area contributed by atoms with E-state index < -0.39 is 0 Å². The van der Waals surface area contributed by atoms with Gasteiger partial charge in [-0.3, -0.25) is 4.72 Å². The summed E-state index contributed by atoms with van der Waals surface area (Å²) < 4.78 is 3.12. The fraction of sp³-hybridized carbons (Fsp3) is 1.00. The predicted molar refractivity (Wildman–Crippen MR) is 45.6 cm³/mol. The molecule has 1 nitrogen and oxygen atoms in total. The first kappa shape index (κ1) is 9.31. The maximum atomic E-state index is 3.12. The van der Waals surface area contributed by atoms with E-state index in [9.17, 15) is 0 Å². The molecule has 0 aromatic carbocycles. The van der Waals surface area contributed by atoms with Crippen LogP contribution in [-0.2, 0) is 0 Å². The standard InChI is InChI=1S/C7H17NS/c1-4-6-7(5-2)9-8-3/h7-8H,4-6H2,1-3H3. The number of hydrogen-bond acceptors (Lipinski definition) is 2. The molecule has 0 aliphatic heterocycles. The highest BCUT2D eigenvalue weighted by Gasteiger charge is 2.02. The van der Waals surface area contributed by atoms with Gasteiger partial charge in [-0.05, 0) is 19.9 Å². The van der Waals surface area contributed by atoms with Crippen LogP contribution < -0.4 is 4.72 Å². The van der Waals surface area contributed by atoms with Gasteiger partial charge >= 0.3 is 0 Å². The van der Waals surface area contributed by atoms with Gasteiger partial charge in [0.2, 0.25) is 0 Å². The normalized spacial score (nSPS) is 13.7. The number of rotatable bonds is 5. The first-order chi connectivity index (χ1) is 4.35. The van der Waals surface area contributed by atoms with Crippen LogP contribution in [0.25, 0.3) is 0 Å². The lowest BCUT2D eigenvalue weighted by molar-refractivity contribution is 0.717. The van der Waals surface area contributed by atoms with Crippen LogP contribution in [0, 0.1) is 0 Å². The van der Waals surface area contributed by atoms with Crippen molar-refractivity contribution in [1.82, 2.24) is 4.72 Å². The first-order valence-electron chi connectivity index (χ1n) is 3.67. The van der Waals surface area contributed by atoms with Crippen molar-refractivity contribution < 1.29 is 0 Å². The van der Waals surface area contributed by atoms with Gasteiger partial charge in [0.15, 0.2) is 0 Å². The van der Waals surface area contributed by atoms with E-state index >= 15 is 0 Å². The minimum absolute atomic E-state index is 0.819. The largest absolute Gasteiger partial charge is 0.267 e. The van der Waals surface area contributed by atoms with Crippen LogP contribution >= 0.6 is 11.9 Å². The van der Waals surface area contributed by atoms with Crippen molar-refractivity contribution in [1.29, 1.82) is 0 Å². The summed E-state index contributed by atoms with van der Waals surface area (Å²) in [5.41, 5.74) is 0. The summed E-state index contributed by atoms with van der Waals surface area (Å²) in [6, 6.07) is 0.